The van der Waals surface area contributed by atoms with Crippen LogP contribution in [0.4, 0.5) is 0 Å². The standard InChI is InChI=1S/C28H57NO11/c1-4-27-25-28(26-29(27)2)40-24-23-39-22-21-38-20-19-37-18-17-36-16-15-35-14-13-34-12-11-33-10-9-32-8-7-31-6-5-30-3/h27-28H,4-26H2,1-3H3. The lowest BCUT2D eigenvalue weighted by Gasteiger charge is -2.15. The molecular formula is C28H57NO11. The fraction of sp³-hybridized carbons (Fsp3) is 1.00. The van der Waals surface area contributed by atoms with Crippen molar-refractivity contribution in [1.29, 1.82) is 0 Å². The molecule has 12 nitrogen and oxygen atoms in total. The highest BCUT2D eigenvalue weighted by molar-refractivity contribution is 4.82. The molecule has 1 heterocycles. The van der Waals surface area contributed by atoms with E-state index < -0.39 is 0 Å². The monoisotopic (exact) mass is 583 g/mol. The van der Waals surface area contributed by atoms with Gasteiger partial charge in [0.2, 0.25) is 0 Å². The van der Waals surface area contributed by atoms with Crippen molar-refractivity contribution in [2.45, 2.75) is 31.9 Å². The number of hydrogen-bond acceptors (Lipinski definition) is 12. The first-order valence-electron chi connectivity index (χ1n) is 14.8. The van der Waals surface area contributed by atoms with Gasteiger partial charge in [0.1, 0.15) is 0 Å². The molecule has 40 heavy (non-hydrogen) atoms. The van der Waals surface area contributed by atoms with Gasteiger partial charge in [0, 0.05) is 19.7 Å². The molecule has 0 radical (unpaired) electrons. The third-order valence-corrected chi connectivity index (χ3v) is 6.11. The normalized spacial score (nSPS) is 17.8. The Morgan fingerprint density at radius 2 is 0.775 bits per heavy atom. The van der Waals surface area contributed by atoms with E-state index >= 15 is 0 Å². The molecule has 0 aromatic rings. The summed E-state index contributed by atoms with van der Waals surface area (Å²) in [6.45, 7) is 14.3. The summed E-state index contributed by atoms with van der Waals surface area (Å²) in [5.41, 5.74) is 0. The van der Waals surface area contributed by atoms with Crippen LogP contribution in [0.1, 0.15) is 19.8 Å². The van der Waals surface area contributed by atoms with Gasteiger partial charge in [-0.05, 0) is 19.9 Å². The van der Waals surface area contributed by atoms with Gasteiger partial charge in [0.25, 0.3) is 0 Å². The molecule has 0 spiro atoms. The molecule has 0 aromatic carbocycles. The summed E-state index contributed by atoms with van der Waals surface area (Å²) in [5, 5.41) is 0. The maximum atomic E-state index is 5.90. The number of hydrogen-bond donors (Lipinski definition) is 0. The zero-order valence-electron chi connectivity index (χ0n) is 25.4. The molecule has 0 saturated carbocycles. The second-order valence-electron chi connectivity index (χ2n) is 9.23. The Morgan fingerprint density at radius 3 is 1.05 bits per heavy atom. The fourth-order valence-electron chi connectivity index (χ4n) is 3.90. The van der Waals surface area contributed by atoms with Crippen LogP contribution < -0.4 is 0 Å². The Kier molecular flexibility index (Phi) is 28.2. The first kappa shape index (κ1) is 37.5. The average molecular weight is 584 g/mol. The van der Waals surface area contributed by atoms with Crippen molar-refractivity contribution >= 4 is 0 Å². The van der Waals surface area contributed by atoms with E-state index in [9.17, 15) is 0 Å². The maximum Gasteiger partial charge on any atom is 0.0718 e. The molecule has 1 fully saturated rings. The molecule has 2 unspecified atom stereocenters. The molecule has 240 valence electrons. The van der Waals surface area contributed by atoms with Crippen molar-refractivity contribution in [3.63, 3.8) is 0 Å². The van der Waals surface area contributed by atoms with Crippen LogP contribution in [-0.4, -0.2) is 170 Å². The first-order chi connectivity index (χ1) is 19.8. The smallest absolute Gasteiger partial charge is 0.0718 e. The van der Waals surface area contributed by atoms with E-state index in [1.54, 1.807) is 7.11 Å². The molecule has 1 saturated heterocycles. The van der Waals surface area contributed by atoms with Crippen molar-refractivity contribution in [1.82, 2.24) is 4.90 Å². The summed E-state index contributed by atoms with van der Waals surface area (Å²) in [7, 11) is 3.82. The van der Waals surface area contributed by atoms with Gasteiger partial charge < -0.3 is 57.0 Å². The lowest BCUT2D eigenvalue weighted by atomic mass is 10.1. The predicted octanol–water partition coefficient (Wildman–Crippen LogP) is 1.28. The van der Waals surface area contributed by atoms with E-state index in [1.807, 2.05) is 0 Å². The SMILES string of the molecule is CCC1CC(OCCOCCOCCOCCOCCOCCOCCOCCOCCOCCOC)CN1C. The van der Waals surface area contributed by atoms with Crippen LogP contribution in [0, 0.1) is 0 Å². The van der Waals surface area contributed by atoms with Crippen LogP contribution in [0.25, 0.3) is 0 Å². The van der Waals surface area contributed by atoms with Gasteiger partial charge >= 0.3 is 0 Å². The third-order valence-electron chi connectivity index (χ3n) is 6.11. The van der Waals surface area contributed by atoms with Crippen LogP contribution in [-0.2, 0) is 52.1 Å². The van der Waals surface area contributed by atoms with Crippen molar-refractivity contribution in [2.75, 3.05) is 153 Å². The van der Waals surface area contributed by atoms with Crippen LogP contribution in [0.3, 0.4) is 0 Å². The van der Waals surface area contributed by atoms with Crippen LogP contribution in [0.15, 0.2) is 0 Å². The first-order valence-corrected chi connectivity index (χ1v) is 14.8. The quantitative estimate of drug-likeness (QED) is 0.107. The summed E-state index contributed by atoms with van der Waals surface area (Å²) in [6.07, 6.45) is 2.63. The summed E-state index contributed by atoms with van der Waals surface area (Å²) in [6, 6.07) is 0.649. The fourth-order valence-corrected chi connectivity index (χ4v) is 3.90. The molecular weight excluding hydrogens is 526 g/mol. The highest BCUT2D eigenvalue weighted by atomic mass is 16.6. The van der Waals surface area contributed by atoms with Crippen molar-refractivity contribution in [3.05, 3.63) is 0 Å². The maximum absolute atomic E-state index is 5.90. The number of rotatable bonds is 32. The van der Waals surface area contributed by atoms with E-state index in [1.165, 1.54) is 6.42 Å². The van der Waals surface area contributed by atoms with E-state index in [4.69, 9.17) is 52.1 Å². The lowest BCUT2D eigenvalue weighted by molar-refractivity contribution is -0.0292. The third kappa shape index (κ3) is 24.2. The molecule has 0 aliphatic carbocycles. The summed E-state index contributed by atoms with van der Waals surface area (Å²) < 4.78 is 59.9. The number of likely N-dealkylation sites (N-methyl/N-ethyl adjacent to an activating group) is 1. The van der Waals surface area contributed by atoms with E-state index in [-0.39, 0.29) is 0 Å². The molecule has 0 bridgehead atoms. The largest absolute Gasteiger partial charge is 0.382 e. The zero-order valence-corrected chi connectivity index (χ0v) is 25.4. The molecule has 0 amide bonds. The van der Waals surface area contributed by atoms with E-state index in [0.29, 0.717) is 144 Å². The lowest BCUT2D eigenvalue weighted by Crippen LogP contribution is -2.24. The molecule has 0 aromatic heterocycles. The van der Waals surface area contributed by atoms with Gasteiger partial charge in [-0.3, -0.25) is 0 Å². The molecule has 12 heteroatoms. The molecule has 1 rings (SSSR count). The van der Waals surface area contributed by atoms with Crippen molar-refractivity contribution < 1.29 is 52.1 Å². The highest BCUT2D eigenvalue weighted by Crippen LogP contribution is 2.20. The predicted molar refractivity (Wildman–Crippen MR) is 150 cm³/mol. The summed E-state index contributed by atoms with van der Waals surface area (Å²) in [4.78, 5) is 2.38. The highest BCUT2D eigenvalue weighted by Gasteiger charge is 2.28. The minimum absolute atomic E-state index is 0.333. The summed E-state index contributed by atoms with van der Waals surface area (Å²) >= 11 is 0. The Morgan fingerprint density at radius 1 is 0.475 bits per heavy atom. The van der Waals surface area contributed by atoms with Gasteiger partial charge in [-0.25, -0.2) is 0 Å². The molecule has 0 N–H and O–H groups in total. The number of methoxy groups -OCH3 is 1. The van der Waals surface area contributed by atoms with Gasteiger partial charge in [0.05, 0.1) is 138 Å². The van der Waals surface area contributed by atoms with Crippen LogP contribution in [0.2, 0.25) is 0 Å². The van der Waals surface area contributed by atoms with Gasteiger partial charge in [-0.15, -0.1) is 0 Å². The van der Waals surface area contributed by atoms with Gasteiger partial charge in [-0.1, -0.05) is 6.92 Å². The minimum atomic E-state index is 0.333. The van der Waals surface area contributed by atoms with E-state index in [2.05, 4.69) is 18.9 Å². The Labute approximate surface area is 242 Å². The molecule has 1 aliphatic heterocycles. The van der Waals surface area contributed by atoms with Crippen LogP contribution in [0.5, 0.6) is 0 Å². The average Bonchev–Trinajstić information content (AvgIpc) is 3.33. The Hall–Kier alpha value is -0.480. The van der Waals surface area contributed by atoms with Gasteiger partial charge in [0.15, 0.2) is 0 Å². The second-order valence-corrected chi connectivity index (χ2v) is 9.23. The van der Waals surface area contributed by atoms with Crippen molar-refractivity contribution in [3.8, 4) is 0 Å². The van der Waals surface area contributed by atoms with Crippen molar-refractivity contribution in [2.24, 2.45) is 0 Å². The summed E-state index contributed by atoms with van der Waals surface area (Å²) in [5.74, 6) is 0. The van der Waals surface area contributed by atoms with Crippen LogP contribution >= 0.6 is 0 Å². The number of ether oxygens (including phenoxy) is 11. The Balaban J connectivity index is 1.63. The number of likely N-dealkylation sites (tertiary alicyclic amines) is 1. The molecule has 1 aliphatic rings. The zero-order chi connectivity index (χ0) is 28.8. The van der Waals surface area contributed by atoms with E-state index in [0.717, 1.165) is 13.0 Å². The topological polar surface area (TPSA) is 105 Å². The minimum Gasteiger partial charge on any atom is -0.382 e. The van der Waals surface area contributed by atoms with Gasteiger partial charge in [-0.2, -0.15) is 0 Å². The molecule has 2 atom stereocenters. The number of nitrogens with zero attached hydrogens (tertiary/aromatic N) is 1. The second kappa shape index (κ2) is 30.0. The Bertz CT molecular complexity index is 507.